The molecule has 0 heterocycles. The van der Waals surface area contributed by atoms with E-state index in [0.29, 0.717) is 15.7 Å². The van der Waals surface area contributed by atoms with Crippen LogP contribution in [0.25, 0.3) is 0 Å². The number of hydrogen-bond donors (Lipinski definition) is 3. The molecule has 17 heavy (non-hydrogen) atoms. The molecule has 0 unspecified atom stereocenters. The Labute approximate surface area is 107 Å². The summed E-state index contributed by atoms with van der Waals surface area (Å²) in [7, 11) is 0. The number of rotatable bonds is 3. The minimum atomic E-state index is -0.801. The zero-order chi connectivity index (χ0) is 12.8. The molecule has 0 saturated carbocycles. The first-order valence-electron chi connectivity index (χ1n) is 4.28. The van der Waals surface area contributed by atoms with Crippen LogP contribution >= 0.6 is 23.2 Å². The van der Waals surface area contributed by atoms with E-state index in [1.807, 2.05) is 0 Å². The average Bonchev–Trinajstić information content (AvgIpc) is 2.31. The van der Waals surface area contributed by atoms with Gasteiger partial charge in [-0.15, -0.1) is 0 Å². The topological polar surface area (TPSA) is 103 Å². The summed E-state index contributed by atoms with van der Waals surface area (Å²) >= 11 is 11.5. The molecule has 88 valence electrons. The van der Waals surface area contributed by atoms with Crippen molar-refractivity contribution in [3.8, 4) is 6.07 Å². The molecule has 0 aliphatic carbocycles. The van der Waals surface area contributed by atoms with Gasteiger partial charge in [-0.3, -0.25) is 15.6 Å². The van der Waals surface area contributed by atoms with E-state index in [1.54, 1.807) is 23.6 Å². The lowest BCUT2D eigenvalue weighted by atomic mass is 10.3. The highest BCUT2D eigenvalue weighted by molar-refractivity contribution is 6.45. The minimum absolute atomic E-state index is 0.312. The van der Waals surface area contributed by atoms with Gasteiger partial charge in [0.1, 0.15) is 6.07 Å². The molecule has 1 aromatic rings. The Hall–Kier alpha value is -1.81. The summed E-state index contributed by atoms with van der Waals surface area (Å²) in [5.41, 5.74) is 4.25. The van der Waals surface area contributed by atoms with E-state index >= 15 is 0 Å². The number of hydrazine groups is 1. The molecule has 8 heteroatoms. The van der Waals surface area contributed by atoms with Gasteiger partial charge in [-0.2, -0.15) is 10.4 Å². The molecule has 0 atom stereocenters. The molecule has 1 aromatic carbocycles. The second-order valence-electron chi connectivity index (χ2n) is 2.78. The molecule has 0 spiro atoms. The van der Waals surface area contributed by atoms with E-state index < -0.39 is 11.6 Å². The number of benzene rings is 1. The van der Waals surface area contributed by atoms with E-state index in [-0.39, 0.29) is 0 Å². The Kier molecular flexibility index (Phi) is 4.72. The Morgan fingerprint density at radius 3 is 2.71 bits per heavy atom. The van der Waals surface area contributed by atoms with Gasteiger partial charge >= 0.3 is 0 Å². The lowest BCUT2D eigenvalue weighted by Crippen LogP contribution is -2.36. The van der Waals surface area contributed by atoms with Crippen molar-refractivity contribution in [3.63, 3.8) is 0 Å². The molecule has 0 radical (unpaired) electrons. The maximum absolute atomic E-state index is 11.0. The molecule has 0 bridgehead atoms. The monoisotopic (exact) mass is 271 g/mol. The van der Waals surface area contributed by atoms with Crippen LogP contribution in [0.3, 0.4) is 0 Å². The average molecular weight is 272 g/mol. The summed E-state index contributed by atoms with van der Waals surface area (Å²) in [6.45, 7) is 0. The fourth-order valence-corrected chi connectivity index (χ4v) is 1.34. The van der Waals surface area contributed by atoms with Crippen LogP contribution in [0, 0.1) is 11.3 Å². The van der Waals surface area contributed by atoms with Crippen LogP contribution in [0.1, 0.15) is 0 Å². The quantitative estimate of drug-likeness (QED) is 0.333. The molecule has 0 fully saturated rings. The Balaban J connectivity index is 2.88. The van der Waals surface area contributed by atoms with E-state index in [4.69, 9.17) is 34.3 Å². The van der Waals surface area contributed by atoms with Crippen molar-refractivity contribution in [1.82, 2.24) is 5.43 Å². The van der Waals surface area contributed by atoms with Gasteiger partial charge in [0.25, 0.3) is 5.91 Å². The number of nitriles is 1. The van der Waals surface area contributed by atoms with Crippen molar-refractivity contribution < 1.29 is 4.79 Å². The van der Waals surface area contributed by atoms with E-state index in [2.05, 4.69) is 10.5 Å². The van der Waals surface area contributed by atoms with Crippen molar-refractivity contribution >= 4 is 40.5 Å². The van der Waals surface area contributed by atoms with E-state index in [9.17, 15) is 4.79 Å². The predicted octanol–water partition coefficient (Wildman–Crippen LogP) is 1.27. The van der Waals surface area contributed by atoms with Crippen molar-refractivity contribution in [3.05, 3.63) is 28.2 Å². The van der Waals surface area contributed by atoms with Crippen molar-refractivity contribution in [1.29, 1.82) is 5.26 Å². The maximum atomic E-state index is 11.0. The highest BCUT2D eigenvalue weighted by Gasteiger charge is 2.09. The van der Waals surface area contributed by atoms with Gasteiger partial charge in [0.15, 0.2) is 0 Å². The van der Waals surface area contributed by atoms with E-state index in [0.717, 1.165) is 0 Å². The summed E-state index contributed by atoms with van der Waals surface area (Å²) in [6.07, 6.45) is 0. The van der Waals surface area contributed by atoms with Crippen LogP contribution in [-0.4, -0.2) is 11.6 Å². The zero-order valence-electron chi connectivity index (χ0n) is 8.37. The number of amides is 1. The van der Waals surface area contributed by atoms with Crippen LogP contribution in [0.4, 0.5) is 5.69 Å². The highest BCUT2D eigenvalue weighted by Crippen LogP contribution is 2.25. The first-order valence-corrected chi connectivity index (χ1v) is 5.04. The number of halogens is 2. The van der Waals surface area contributed by atoms with Crippen molar-refractivity contribution in [2.24, 2.45) is 10.9 Å². The standard InChI is InChI=1S/C9H7Cl2N5O/c10-5-1-2-7(6(11)3-5)15-16-8(4-12)9(17)14-13/h1-3,15H,13H2,(H,14,17)/b16-8+. The number of carbonyl (C=O) groups is 1. The lowest BCUT2D eigenvalue weighted by Gasteiger charge is -2.03. The first kappa shape index (κ1) is 13.3. The van der Waals surface area contributed by atoms with Gasteiger partial charge in [0, 0.05) is 5.02 Å². The van der Waals surface area contributed by atoms with Gasteiger partial charge in [-0.1, -0.05) is 23.2 Å². The third kappa shape index (κ3) is 3.60. The SMILES string of the molecule is N#C/C(=N\Nc1ccc(Cl)cc1Cl)C(=O)NN. The number of nitrogens with zero attached hydrogens (tertiary/aromatic N) is 2. The number of nitrogens with one attached hydrogen (secondary N) is 2. The summed E-state index contributed by atoms with van der Waals surface area (Å²) in [5.74, 6) is 4.06. The summed E-state index contributed by atoms with van der Waals surface area (Å²) in [6, 6.07) is 6.22. The van der Waals surface area contributed by atoms with Crippen LogP contribution in [-0.2, 0) is 4.79 Å². The fourth-order valence-electron chi connectivity index (χ4n) is 0.891. The third-order valence-corrected chi connectivity index (χ3v) is 2.22. The lowest BCUT2D eigenvalue weighted by molar-refractivity contribution is -0.114. The molecule has 1 amide bonds. The summed E-state index contributed by atoms with van der Waals surface area (Å²) in [4.78, 5) is 11.0. The van der Waals surface area contributed by atoms with Crippen molar-refractivity contribution in [2.75, 3.05) is 5.43 Å². The summed E-state index contributed by atoms with van der Waals surface area (Å²) < 4.78 is 0. The number of nitrogens with two attached hydrogens (primary N) is 1. The van der Waals surface area contributed by atoms with Gasteiger partial charge in [0.2, 0.25) is 5.71 Å². The molecule has 6 nitrogen and oxygen atoms in total. The second-order valence-corrected chi connectivity index (χ2v) is 3.63. The molecule has 0 saturated heterocycles. The number of carbonyl (C=O) groups excluding carboxylic acids is 1. The molecular formula is C9H7Cl2N5O. The smallest absolute Gasteiger partial charge is 0.288 e. The van der Waals surface area contributed by atoms with Gasteiger partial charge in [0.05, 0.1) is 10.7 Å². The number of hydrogen-bond acceptors (Lipinski definition) is 5. The molecule has 0 aliphatic heterocycles. The van der Waals surface area contributed by atoms with Crippen LogP contribution in [0.15, 0.2) is 23.3 Å². The summed E-state index contributed by atoms with van der Waals surface area (Å²) in [5, 5.41) is 13.0. The number of hydrazone groups is 1. The van der Waals surface area contributed by atoms with E-state index in [1.165, 1.54) is 6.07 Å². The second kappa shape index (κ2) is 6.06. The molecule has 1 rings (SSSR count). The molecule has 4 N–H and O–H groups in total. The maximum Gasteiger partial charge on any atom is 0.296 e. The predicted molar refractivity (Wildman–Crippen MR) is 65.5 cm³/mol. The fraction of sp³-hybridized carbons (Fsp3) is 0. The molecule has 0 aliphatic rings. The van der Waals surface area contributed by atoms with Crippen LogP contribution in [0.5, 0.6) is 0 Å². The zero-order valence-corrected chi connectivity index (χ0v) is 9.88. The molecule has 0 aromatic heterocycles. The highest BCUT2D eigenvalue weighted by atomic mass is 35.5. The Morgan fingerprint density at radius 1 is 1.47 bits per heavy atom. The number of anilines is 1. The van der Waals surface area contributed by atoms with Gasteiger partial charge in [-0.05, 0) is 18.2 Å². The van der Waals surface area contributed by atoms with Crippen molar-refractivity contribution in [2.45, 2.75) is 0 Å². The van der Waals surface area contributed by atoms with Crippen LogP contribution in [0.2, 0.25) is 10.0 Å². The first-order chi connectivity index (χ1) is 8.08. The minimum Gasteiger partial charge on any atom is -0.288 e. The normalized spacial score (nSPS) is 10.6. The van der Waals surface area contributed by atoms with Gasteiger partial charge in [-0.25, -0.2) is 5.84 Å². The Morgan fingerprint density at radius 2 is 2.18 bits per heavy atom. The van der Waals surface area contributed by atoms with Gasteiger partial charge < -0.3 is 0 Å². The Bertz CT molecular complexity index is 509. The third-order valence-electron chi connectivity index (χ3n) is 1.67. The largest absolute Gasteiger partial charge is 0.296 e. The molecular weight excluding hydrogens is 265 g/mol. The van der Waals surface area contributed by atoms with Crippen LogP contribution < -0.4 is 16.7 Å².